The summed E-state index contributed by atoms with van der Waals surface area (Å²) in [6.45, 7) is 6.51. The van der Waals surface area contributed by atoms with Crippen LogP contribution in [0, 0.1) is 10.3 Å². The molecule has 1 saturated heterocycles. The molecule has 0 spiro atoms. The molecule has 3 rings (SSSR count). The zero-order valence-corrected chi connectivity index (χ0v) is 23.3. The molecule has 1 heterocycles. The lowest BCUT2D eigenvalue weighted by Gasteiger charge is -2.46. The third-order valence-electron chi connectivity index (χ3n) is 6.00. The Kier molecular flexibility index (Phi) is 9.36. The second-order valence-corrected chi connectivity index (χ2v) is 10.4. The van der Waals surface area contributed by atoms with Crippen molar-refractivity contribution < 1.29 is 23.9 Å². The number of ether oxygens (including phenoxy) is 2. The minimum atomic E-state index is -1.18. The number of carbonyl (C=O) groups is 3. The first-order chi connectivity index (χ1) is 18.4. The Balaban J connectivity index is 1.98. The van der Waals surface area contributed by atoms with Gasteiger partial charge in [-0.2, -0.15) is 4.91 Å². The number of hydrogen-bond acceptors (Lipinski definition) is 9. The van der Waals surface area contributed by atoms with Crippen LogP contribution in [0.5, 0.6) is 5.75 Å². The van der Waals surface area contributed by atoms with Gasteiger partial charge in [-0.15, -0.1) is 0 Å². The van der Waals surface area contributed by atoms with Gasteiger partial charge in [-0.3, -0.25) is 9.69 Å². The van der Waals surface area contributed by atoms with Crippen molar-refractivity contribution in [3.8, 4) is 5.75 Å². The molecule has 13 heteroatoms. The standard InChI is InChI=1S/C26H33ClN6O6/c1-16(2)39-21-11-10-20(12-18(21)13-29-37)30-23-31(14-17-6-8-19(27)9-7-17)24(35)32(25(36)33(23)28)15-26(3,4)22(34)38-5/h6-12,16,23,30H,13-15,28H2,1-5H3. The quantitative estimate of drug-likeness (QED) is 0.176. The maximum atomic E-state index is 13.7. The van der Waals surface area contributed by atoms with Crippen molar-refractivity contribution in [2.24, 2.45) is 16.4 Å². The molecule has 0 radical (unpaired) electrons. The second-order valence-electron chi connectivity index (χ2n) is 9.98. The van der Waals surface area contributed by atoms with Gasteiger partial charge < -0.3 is 14.8 Å². The highest BCUT2D eigenvalue weighted by Crippen LogP contribution is 2.29. The highest BCUT2D eigenvalue weighted by Gasteiger charge is 2.46. The fraction of sp³-hybridized carbons (Fsp3) is 0.423. The lowest BCUT2D eigenvalue weighted by molar-refractivity contribution is -0.151. The lowest BCUT2D eigenvalue weighted by Crippen LogP contribution is -2.71. The van der Waals surface area contributed by atoms with Crippen LogP contribution in [-0.2, 0) is 22.6 Å². The Morgan fingerprint density at radius 3 is 2.41 bits per heavy atom. The summed E-state index contributed by atoms with van der Waals surface area (Å²) in [5.41, 5.74) is 0.526. The summed E-state index contributed by atoms with van der Waals surface area (Å²) in [7, 11) is 1.23. The molecule has 1 fully saturated rings. The molecule has 0 aromatic heterocycles. The van der Waals surface area contributed by atoms with E-state index in [9.17, 15) is 19.3 Å². The van der Waals surface area contributed by atoms with Gasteiger partial charge in [-0.05, 0) is 63.6 Å². The largest absolute Gasteiger partial charge is 0.491 e. The number of esters is 1. The van der Waals surface area contributed by atoms with Crippen LogP contribution in [0.2, 0.25) is 5.02 Å². The summed E-state index contributed by atoms with van der Waals surface area (Å²) in [6, 6.07) is 10.4. The number of hydrogen-bond donors (Lipinski definition) is 2. The minimum Gasteiger partial charge on any atom is -0.491 e. The van der Waals surface area contributed by atoms with E-state index in [0.29, 0.717) is 22.0 Å². The molecule has 1 unspecified atom stereocenters. The zero-order chi connectivity index (χ0) is 28.9. The Hall–Kier alpha value is -3.90. The maximum absolute atomic E-state index is 13.7. The van der Waals surface area contributed by atoms with Gasteiger partial charge in [0.15, 0.2) is 0 Å². The van der Waals surface area contributed by atoms with Crippen LogP contribution in [0.15, 0.2) is 47.6 Å². The van der Waals surface area contributed by atoms with E-state index < -0.39 is 29.7 Å². The lowest BCUT2D eigenvalue weighted by atomic mass is 9.93. The van der Waals surface area contributed by atoms with Gasteiger partial charge in [0.05, 0.1) is 25.2 Å². The Labute approximate surface area is 231 Å². The number of benzene rings is 2. The van der Waals surface area contributed by atoms with Crippen molar-refractivity contribution in [1.29, 1.82) is 0 Å². The molecule has 2 aromatic carbocycles. The highest BCUT2D eigenvalue weighted by atomic mass is 35.5. The molecule has 2 aromatic rings. The van der Waals surface area contributed by atoms with Crippen LogP contribution in [0.3, 0.4) is 0 Å². The van der Waals surface area contributed by atoms with Gasteiger partial charge in [0.1, 0.15) is 12.3 Å². The predicted octanol–water partition coefficient (Wildman–Crippen LogP) is 4.52. The topological polar surface area (TPSA) is 147 Å². The van der Waals surface area contributed by atoms with Crippen LogP contribution in [0.1, 0.15) is 38.8 Å². The van der Waals surface area contributed by atoms with Gasteiger partial charge in [0.2, 0.25) is 6.29 Å². The predicted molar refractivity (Wildman–Crippen MR) is 145 cm³/mol. The number of carbonyl (C=O) groups excluding carboxylic acids is 3. The highest BCUT2D eigenvalue weighted by molar-refractivity contribution is 6.30. The first-order valence-corrected chi connectivity index (χ1v) is 12.6. The summed E-state index contributed by atoms with van der Waals surface area (Å²) in [6.07, 6.45) is -1.25. The van der Waals surface area contributed by atoms with Crippen molar-refractivity contribution in [3.05, 3.63) is 63.5 Å². The fourth-order valence-corrected chi connectivity index (χ4v) is 4.20. The van der Waals surface area contributed by atoms with Crippen LogP contribution < -0.4 is 15.9 Å². The molecule has 1 atom stereocenters. The maximum Gasteiger partial charge on any atom is 0.345 e. The number of hydrazine groups is 1. The van der Waals surface area contributed by atoms with E-state index in [0.717, 1.165) is 15.5 Å². The number of imide groups is 1. The van der Waals surface area contributed by atoms with E-state index in [1.807, 2.05) is 13.8 Å². The van der Waals surface area contributed by atoms with Gasteiger partial charge in [0, 0.05) is 22.8 Å². The molecular formula is C26H33ClN6O6. The van der Waals surface area contributed by atoms with E-state index in [1.165, 1.54) is 12.0 Å². The van der Waals surface area contributed by atoms with Gasteiger partial charge in [-0.1, -0.05) is 28.9 Å². The average molecular weight is 561 g/mol. The average Bonchev–Trinajstić information content (AvgIpc) is 2.89. The van der Waals surface area contributed by atoms with Crippen molar-refractivity contribution in [3.63, 3.8) is 0 Å². The molecule has 4 amide bonds. The number of urea groups is 2. The molecule has 0 saturated carbocycles. The summed E-state index contributed by atoms with van der Waals surface area (Å²) < 4.78 is 10.6. The molecule has 39 heavy (non-hydrogen) atoms. The number of methoxy groups -OCH3 is 1. The Morgan fingerprint density at radius 2 is 1.82 bits per heavy atom. The van der Waals surface area contributed by atoms with E-state index in [4.69, 9.17) is 26.9 Å². The van der Waals surface area contributed by atoms with Crippen molar-refractivity contribution in [2.45, 2.75) is 53.2 Å². The van der Waals surface area contributed by atoms with E-state index >= 15 is 0 Å². The Morgan fingerprint density at radius 1 is 1.15 bits per heavy atom. The second kappa shape index (κ2) is 12.3. The number of nitrogens with one attached hydrogen (secondary N) is 1. The smallest absolute Gasteiger partial charge is 0.345 e. The number of rotatable bonds is 11. The molecule has 1 aliphatic heterocycles. The fourth-order valence-electron chi connectivity index (χ4n) is 4.08. The van der Waals surface area contributed by atoms with Gasteiger partial charge in [0.25, 0.3) is 0 Å². The summed E-state index contributed by atoms with van der Waals surface area (Å²) in [4.78, 5) is 52.7. The summed E-state index contributed by atoms with van der Waals surface area (Å²) >= 11 is 6.03. The minimum absolute atomic E-state index is 0.0566. The van der Waals surface area contributed by atoms with E-state index in [1.54, 1.807) is 56.3 Å². The molecule has 12 nitrogen and oxygen atoms in total. The van der Waals surface area contributed by atoms with Crippen LogP contribution in [-0.4, -0.2) is 58.9 Å². The normalized spacial score (nSPS) is 16.0. The molecule has 3 N–H and O–H groups in total. The SMILES string of the molecule is COC(=O)C(C)(C)CN1C(=O)N(N)C(Nc2ccc(OC(C)C)c(CN=O)c2)N(Cc2ccc(Cl)cc2)C1=O. The number of nitroso groups, excluding NO2 is 1. The first kappa shape index (κ1) is 29.7. The number of amides is 4. The molecular weight excluding hydrogens is 528 g/mol. The van der Waals surface area contributed by atoms with Gasteiger partial charge in [-0.25, -0.2) is 25.3 Å². The van der Waals surface area contributed by atoms with Crippen molar-refractivity contribution in [2.75, 3.05) is 19.0 Å². The monoisotopic (exact) mass is 560 g/mol. The van der Waals surface area contributed by atoms with Crippen LogP contribution in [0.4, 0.5) is 15.3 Å². The summed E-state index contributed by atoms with van der Waals surface area (Å²) in [5.74, 6) is 6.17. The van der Waals surface area contributed by atoms with Crippen LogP contribution >= 0.6 is 11.6 Å². The van der Waals surface area contributed by atoms with Crippen molar-refractivity contribution >= 4 is 35.3 Å². The number of nitrogens with zero attached hydrogens (tertiary/aromatic N) is 4. The number of anilines is 1. The van der Waals surface area contributed by atoms with Gasteiger partial charge >= 0.3 is 18.0 Å². The van der Waals surface area contributed by atoms with E-state index in [2.05, 4.69) is 10.5 Å². The molecule has 0 aliphatic carbocycles. The molecule has 210 valence electrons. The van der Waals surface area contributed by atoms with E-state index in [-0.39, 0.29) is 25.7 Å². The number of halogens is 1. The first-order valence-electron chi connectivity index (χ1n) is 12.2. The van der Waals surface area contributed by atoms with Crippen molar-refractivity contribution in [1.82, 2.24) is 14.8 Å². The summed E-state index contributed by atoms with van der Waals surface area (Å²) in [5, 5.41) is 7.49. The molecule has 0 bridgehead atoms. The Bertz CT molecular complexity index is 1220. The number of nitrogens with two attached hydrogens (primary N) is 1. The van der Waals surface area contributed by atoms with Crippen LogP contribution in [0.25, 0.3) is 0 Å². The zero-order valence-electron chi connectivity index (χ0n) is 22.5. The third kappa shape index (κ3) is 6.95. The molecule has 1 aliphatic rings. The third-order valence-corrected chi connectivity index (χ3v) is 6.25.